The van der Waals surface area contributed by atoms with Crippen molar-refractivity contribution in [3.05, 3.63) is 52.7 Å². The number of rotatable bonds is 4. The zero-order valence-corrected chi connectivity index (χ0v) is 14.7. The van der Waals surface area contributed by atoms with E-state index >= 15 is 0 Å². The smallest absolute Gasteiger partial charge is 0.255 e. The molecule has 0 bridgehead atoms. The second-order valence-electron chi connectivity index (χ2n) is 5.95. The van der Waals surface area contributed by atoms with E-state index in [-0.39, 0.29) is 5.91 Å². The molecule has 1 aromatic carbocycles. The second kappa shape index (κ2) is 7.53. The van der Waals surface area contributed by atoms with E-state index in [9.17, 15) is 9.59 Å². The van der Waals surface area contributed by atoms with E-state index in [1.165, 1.54) is 0 Å². The first-order valence-electron chi connectivity index (χ1n) is 8.04. The molecule has 25 heavy (non-hydrogen) atoms. The number of hydrogen-bond donors (Lipinski definition) is 1. The first-order chi connectivity index (χ1) is 12.1. The minimum Gasteiger partial charge on any atom is -0.353 e. The van der Waals surface area contributed by atoms with Gasteiger partial charge in [-0.25, -0.2) is 4.98 Å². The molecule has 0 spiro atoms. The van der Waals surface area contributed by atoms with Gasteiger partial charge in [0.05, 0.1) is 0 Å². The summed E-state index contributed by atoms with van der Waals surface area (Å²) in [6, 6.07) is 8.86. The predicted octanol–water partition coefficient (Wildman–Crippen LogP) is 2.57. The van der Waals surface area contributed by atoms with Crippen LogP contribution in [0.2, 0.25) is 5.02 Å². The second-order valence-corrected chi connectivity index (χ2v) is 6.36. The van der Waals surface area contributed by atoms with E-state index in [1.54, 1.807) is 29.3 Å². The maximum atomic E-state index is 12.5. The van der Waals surface area contributed by atoms with Gasteiger partial charge in [0.15, 0.2) is 0 Å². The van der Waals surface area contributed by atoms with Gasteiger partial charge in [-0.3, -0.25) is 9.59 Å². The summed E-state index contributed by atoms with van der Waals surface area (Å²) in [5.41, 5.74) is 2.14. The summed E-state index contributed by atoms with van der Waals surface area (Å²) in [4.78, 5) is 31.4. The number of aryl methyl sites for hydroxylation is 1. The third-order valence-corrected chi connectivity index (χ3v) is 4.63. The lowest BCUT2D eigenvalue weighted by Gasteiger charge is -2.33. The van der Waals surface area contributed by atoms with Crippen LogP contribution in [0.15, 0.2) is 36.5 Å². The van der Waals surface area contributed by atoms with Crippen LogP contribution in [0.4, 0.5) is 11.5 Å². The van der Waals surface area contributed by atoms with Crippen molar-refractivity contribution in [2.24, 2.45) is 0 Å². The number of pyridine rings is 1. The number of nitrogens with zero attached hydrogens (tertiary/aromatic N) is 3. The van der Waals surface area contributed by atoms with E-state index in [2.05, 4.69) is 15.2 Å². The molecule has 7 heteroatoms. The quantitative estimate of drug-likeness (QED) is 0.853. The molecule has 1 fully saturated rings. The van der Waals surface area contributed by atoms with Crippen molar-refractivity contribution in [3.63, 3.8) is 0 Å². The minimum absolute atomic E-state index is 0.213. The van der Waals surface area contributed by atoms with Crippen LogP contribution in [0.3, 0.4) is 0 Å². The highest BCUT2D eigenvalue weighted by molar-refractivity contribution is 6.31. The van der Waals surface area contributed by atoms with Crippen molar-refractivity contribution in [1.82, 2.24) is 9.88 Å². The molecule has 0 aliphatic carbocycles. The molecule has 2 amide bonds. The Morgan fingerprint density at radius 1 is 1.20 bits per heavy atom. The van der Waals surface area contributed by atoms with Crippen LogP contribution >= 0.6 is 11.6 Å². The standard InChI is InChI=1S/C18H19ClN4O2/c1-13-2-3-15(11-16(13)19)21-18(25)14-4-5-20-17(10-14)23-8-6-22(12-24)7-9-23/h2-5,10-12H,6-9H2,1H3,(H,21,25). The van der Waals surface area contributed by atoms with Crippen LogP contribution in [0.25, 0.3) is 0 Å². The van der Waals surface area contributed by atoms with Gasteiger partial charge >= 0.3 is 0 Å². The summed E-state index contributed by atoms with van der Waals surface area (Å²) in [5.74, 6) is 0.523. The molecule has 1 aliphatic heterocycles. The Bertz CT molecular complexity index is 788. The number of halogens is 1. The SMILES string of the molecule is Cc1ccc(NC(=O)c2ccnc(N3CCN(C=O)CC3)c2)cc1Cl. The first-order valence-corrected chi connectivity index (χ1v) is 8.42. The zero-order chi connectivity index (χ0) is 17.8. The number of aromatic nitrogens is 1. The van der Waals surface area contributed by atoms with Gasteiger partial charge in [-0.15, -0.1) is 0 Å². The lowest BCUT2D eigenvalue weighted by Crippen LogP contribution is -2.46. The van der Waals surface area contributed by atoms with E-state index < -0.39 is 0 Å². The Hall–Kier alpha value is -2.60. The Kier molecular flexibility index (Phi) is 5.19. The van der Waals surface area contributed by atoms with E-state index in [0.29, 0.717) is 42.5 Å². The number of nitrogens with one attached hydrogen (secondary N) is 1. The Balaban J connectivity index is 1.71. The van der Waals surface area contributed by atoms with Gasteiger partial charge in [0.2, 0.25) is 6.41 Å². The molecule has 1 aliphatic rings. The van der Waals surface area contributed by atoms with Crippen LogP contribution in [0.1, 0.15) is 15.9 Å². The average Bonchev–Trinajstić information content (AvgIpc) is 2.65. The molecule has 1 N–H and O–H groups in total. The summed E-state index contributed by atoms with van der Waals surface area (Å²) in [6.45, 7) is 4.62. The summed E-state index contributed by atoms with van der Waals surface area (Å²) < 4.78 is 0. The van der Waals surface area contributed by atoms with Gasteiger partial charge in [-0.05, 0) is 36.8 Å². The molecule has 1 aromatic heterocycles. The van der Waals surface area contributed by atoms with Crippen molar-refractivity contribution < 1.29 is 9.59 Å². The van der Waals surface area contributed by atoms with E-state index in [1.807, 2.05) is 19.1 Å². The number of anilines is 2. The molecule has 0 saturated carbocycles. The molecular formula is C18H19ClN4O2. The van der Waals surface area contributed by atoms with Gasteiger partial charge in [0.1, 0.15) is 5.82 Å². The predicted molar refractivity (Wildman–Crippen MR) is 98.2 cm³/mol. The summed E-state index contributed by atoms with van der Waals surface area (Å²) >= 11 is 6.10. The highest BCUT2D eigenvalue weighted by atomic mass is 35.5. The van der Waals surface area contributed by atoms with Crippen molar-refractivity contribution in [2.75, 3.05) is 36.4 Å². The number of carbonyl (C=O) groups is 2. The van der Waals surface area contributed by atoms with Crippen LogP contribution in [0, 0.1) is 6.92 Å². The van der Waals surface area contributed by atoms with Crippen LogP contribution in [-0.2, 0) is 4.79 Å². The lowest BCUT2D eigenvalue weighted by atomic mass is 10.2. The Morgan fingerprint density at radius 2 is 1.96 bits per heavy atom. The molecule has 1 saturated heterocycles. The number of piperazine rings is 1. The molecule has 2 heterocycles. The fourth-order valence-corrected chi connectivity index (χ4v) is 2.84. The van der Waals surface area contributed by atoms with Gasteiger partial charge in [-0.1, -0.05) is 17.7 Å². The van der Waals surface area contributed by atoms with E-state index in [4.69, 9.17) is 11.6 Å². The lowest BCUT2D eigenvalue weighted by molar-refractivity contribution is -0.118. The van der Waals surface area contributed by atoms with Gasteiger partial charge in [0, 0.05) is 48.6 Å². The van der Waals surface area contributed by atoms with Crippen molar-refractivity contribution in [2.45, 2.75) is 6.92 Å². The van der Waals surface area contributed by atoms with Crippen molar-refractivity contribution in [3.8, 4) is 0 Å². The summed E-state index contributed by atoms with van der Waals surface area (Å²) in [6.07, 6.45) is 2.49. The molecular weight excluding hydrogens is 340 g/mol. The largest absolute Gasteiger partial charge is 0.353 e. The van der Waals surface area contributed by atoms with Gasteiger partial charge < -0.3 is 15.1 Å². The third-order valence-electron chi connectivity index (χ3n) is 4.22. The fraction of sp³-hybridized carbons (Fsp3) is 0.278. The molecule has 0 atom stereocenters. The third kappa shape index (κ3) is 4.09. The first kappa shape index (κ1) is 17.2. The van der Waals surface area contributed by atoms with Gasteiger partial charge in [-0.2, -0.15) is 0 Å². The number of hydrogen-bond acceptors (Lipinski definition) is 4. The number of carbonyl (C=O) groups excluding carboxylic acids is 2. The van der Waals surface area contributed by atoms with Gasteiger partial charge in [0.25, 0.3) is 5.91 Å². The fourth-order valence-electron chi connectivity index (χ4n) is 2.66. The average molecular weight is 359 g/mol. The number of amides is 2. The maximum Gasteiger partial charge on any atom is 0.255 e. The highest BCUT2D eigenvalue weighted by Gasteiger charge is 2.18. The molecule has 3 rings (SSSR count). The molecule has 0 unspecified atom stereocenters. The Morgan fingerprint density at radius 3 is 2.64 bits per heavy atom. The van der Waals surface area contributed by atoms with Crippen LogP contribution < -0.4 is 10.2 Å². The van der Waals surface area contributed by atoms with Crippen LogP contribution in [-0.4, -0.2) is 48.4 Å². The summed E-state index contributed by atoms with van der Waals surface area (Å²) in [5, 5.41) is 3.46. The Labute approximate surface area is 151 Å². The molecule has 130 valence electrons. The highest BCUT2D eigenvalue weighted by Crippen LogP contribution is 2.21. The van der Waals surface area contributed by atoms with Crippen LogP contribution in [0.5, 0.6) is 0 Å². The zero-order valence-electron chi connectivity index (χ0n) is 13.9. The van der Waals surface area contributed by atoms with Crippen molar-refractivity contribution >= 4 is 35.4 Å². The molecule has 6 nitrogen and oxygen atoms in total. The monoisotopic (exact) mass is 358 g/mol. The maximum absolute atomic E-state index is 12.5. The van der Waals surface area contributed by atoms with E-state index in [0.717, 1.165) is 17.8 Å². The normalized spacial score (nSPS) is 14.3. The molecule has 2 aromatic rings. The number of benzene rings is 1. The topological polar surface area (TPSA) is 65.5 Å². The summed E-state index contributed by atoms with van der Waals surface area (Å²) in [7, 11) is 0. The minimum atomic E-state index is -0.213. The molecule has 0 radical (unpaired) electrons. The van der Waals surface area contributed by atoms with Crippen molar-refractivity contribution in [1.29, 1.82) is 0 Å².